The molecule has 0 unspecified atom stereocenters. The number of rotatable bonds is 4. The van der Waals surface area contributed by atoms with Crippen molar-refractivity contribution in [1.29, 1.82) is 0 Å². The van der Waals surface area contributed by atoms with E-state index in [1.165, 1.54) is 0 Å². The van der Waals surface area contributed by atoms with Gasteiger partial charge in [-0.15, -0.1) is 0 Å². The maximum Gasteiger partial charge on any atom is 0.145 e. The van der Waals surface area contributed by atoms with Crippen LogP contribution >= 0.6 is 0 Å². The van der Waals surface area contributed by atoms with Gasteiger partial charge < -0.3 is 5.43 Å². The molecule has 0 aromatic carbocycles. The predicted octanol–water partition coefficient (Wildman–Crippen LogP) is 1.21. The van der Waals surface area contributed by atoms with Crippen molar-refractivity contribution in [3.05, 3.63) is 30.1 Å². The van der Waals surface area contributed by atoms with Crippen LogP contribution in [-0.2, 0) is 6.42 Å². The molecule has 2 rings (SSSR count). The number of hydrazine groups is 1. The van der Waals surface area contributed by atoms with Crippen LogP contribution in [0.3, 0.4) is 0 Å². The van der Waals surface area contributed by atoms with E-state index < -0.39 is 0 Å². The first-order chi connectivity index (χ1) is 8.24. The first-order valence-corrected chi connectivity index (χ1v) is 5.59. The molecule has 90 valence electrons. The Morgan fingerprint density at radius 3 is 2.94 bits per heavy atom. The van der Waals surface area contributed by atoms with Gasteiger partial charge in [0.05, 0.1) is 0 Å². The molecule has 2 heterocycles. The molecular weight excluding hydrogens is 216 g/mol. The highest BCUT2D eigenvalue weighted by Crippen LogP contribution is 2.13. The predicted molar refractivity (Wildman–Crippen MR) is 65.7 cm³/mol. The summed E-state index contributed by atoms with van der Waals surface area (Å²) in [6, 6.07) is 1.80. The van der Waals surface area contributed by atoms with Crippen LogP contribution in [0.15, 0.2) is 18.5 Å². The molecule has 2 aromatic rings. The normalized spacial score (nSPS) is 10.5. The third-order valence-electron chi connectivity index (χ3n) is 2.41. The molecule has 0 saturated heterocycles. The smallest absolute Gasteiger partial charge is 0.145 e. The van der Waals surface area contributed by atoms with E-state index in [2.05, 4.69) is 27.3 Å². The standard InChI is InChI=1S/C11H16N6/c1-3-4-10-13-5-6-17(10)11-7-9(16-12)14-8(2)15-11/h5-7H,3-4,12H2,1-2H3,(H,14,15,16). The first kappa shape index (κ1) is 11.5. The molecule has 0 fully saturated rings. The summed E-state index contributed by atoms with van der Waals surface area (Å²) in [4.78, 5) is 12.9. The van der Waals surface area contributed by atoms with E-state index in [9.17, 15) is 0 Å². The van der Waals surface area contributed by atoms with Gasteiger partial charge in [-0.3, -0.25) is 4.57 Å². The molecule has 0 aliphatic rings. The number of nitrogen functional groups attached to an aromatic ring is 1. The molecule has 3 N–H and O–H groups in total. The van der Waals surface area contributed by atoms with Crippen molar-refractivity contribution < 1.29 is 0 Å². The Morgan fingerprint density at radius 2 is 2.24 bits per heavy atom. The van der Waals surface area contributed by atoms with Gasteiger partial charge in [-0.25, -0.2) is 20.8 Å². The van der Waals surface area contributed by atoms with Crippen LogP contribution in [0, 0.1) is 6.92 Å². The number of hydrogen-bond donors (Lipinski definition) is 2. The maximum atomic E-state index is 5.37. The minimum atomic E-state index is 0.601. The summed E-state index contributed by atoms with van der Waals surface area (Å²) in [5.41, 5.74) is 2.54. The second kappa shape index (κ2) is 4.92. The number of anilines is 1. The number of nitrogens with two attached hydrogens (primary N) is 1. The summed E-state index contributed by atoms with van der Waals surface area (Å²) < 4.78 is 1.96. The lowest BCUT2D eigenvalue weighted by Crippen LogP contribution is -2.12. The molecule has 2 aromatic heterocycles. The molecule has 0 spiro atoms. The lowest BCUT2D eigenvalue weighted by Gasteiger charge is -2.08. The van der Waals surface area contributed by atoms with Gasteiger partial charge in [0.15, 0.2) is 0 Å². The summed E-state index contributed by atoms with van der Waals surface area (Å²) in [7, 11) is 0. The molecule has 6 heteroatoms. The largest absolute Gasteiger partial charge is 0.308 e. The van der Waals surface area contributed by atoms with Gasteiger partial charge in [0, 0.05) is 24.9 Å². The molecule has 0 atom stereocenters. The molecule has 0 aliphatic heterocycles. The second-order valence-electron chi connectivity index (χ2n) is 3.77. The molecule has 0 saturated carbocycles. The third-order valence-corrected chi connectivity index (χ3v) is 2.41. The number of nitrogens with zero attached hydrogens (tertiary/aromatic N) is 4. The summed E-state index contributed by atoms with van der Waals surface area (Å²) >= 11 is 0. The van der Waals surface area contributed by atoms with Crippen LogP contribution in [0.4, 0.5) is 5.82 Å². The lowest BCUT2D eigenvalue weighted by molar-refractivity contribution is 0.792. The Kier molecular flexibility index (Phi) is 3.34. The van der Waals surface area contributed by atoms with Gasteiger partial charge >= 0.3 is 0 Å². The van der Waals surface area contributed by atoms with E-state index in [1.54, 1.807) is 12.3 Å². The van der Waals surface area contributed by atoms with Gasteiger partial charge in [-0.2, -0.15) is 0 Å². The van der Waals surface area contributed by atoms with E-state index in [-0.39, 0.29) is 0 Å². The topological polar surface area (TPSA) is 81.7 Å². The minimum Gasteiger partial charge on any atom is -0.308 e. The van der Waals surface area contributed by atoms with Crippen LogP contribution in [0.1, 0.15) is 25.0 Å². The molecule has 0 aliphatic carbocycles. The number of imidazole rings is 1. The zero-order valence-electron chi connectivity index (χ0n) is 10.0. The third kappa shape index (κ3) is 2.42. The fraction of sp³-hybridized carbons (Fsp3) is 0.364. The van der Waals surface area contributed by atoms with Gasteiger partial charge in [-0.1, -0.05) is 6.92 Å². The van der Waals surface area contributed by atoms with Crippen LogP contribution in [0.25, 0.3) is 5.82 Å². The highest BCUT2D eigenvalue weighted by atomic mass is 15.3. The van der Waals surface area contributed by atoms with E-state index >= 15 is 0 Å². The Balaban J connectivity index is 2.44. The molecule has 0 amide bonds. The van der Waals surface area contributed by atoms with Crippen LogP contribution in [0.2, 0.25) is 0 Å². The Labute approximate surface area is 99.9 Å². The highest BCUT2D eigenvalue weighted by Gasteiger charge is 2.07. The zero-order valence-corrected chi connectivity index (χ0v) is 10.0. The van der Waals surface area contributed by atoms with E-state index in [1.807, 2.05) is 17.7 Å². The number of aromatic nitrogens is 4. The van der Waals surface area contributed by atoms with Gasteiger partial charge in [0.1, 0.15) is 23.3 Å². The number of hydrogen-bond acceptors (Lipinski definition) is 5. The molecular formula is C11H16N6. The molecule has 17 heavy (non-hydrogen) atoms. The average molecular weight is 232 g/mol. The second-order valence-corrected chi connectivity index (χ2v) is 3.77. The summed E-state index contributed by atoms with van der Waals surface area (Å²) in [6.45, 7) is 3.96. The maximum absolute atomic E-state index is 5.37. The van der Waals surface area contributed by atoms with Crippen molar-refractivity contribution in [2.75, 3.05) is 5.43 Å². The first-order valence-electron chi connectivity index (χ1n) is 5.59. The Hall–Kier alpha value is -1.95. The highest BCUT2D eigenvalue weighted by molar-refractivity contribution is 5.41. The van der Waals surface area contributed by atoms with Crippen LogP contribution < -0.4 is 11.3 Å². The monoisotopic (exact) mass is 232 g/mol. The van der Waals surface area contributed by atoms with E-state index in [0.717, 1.165) is 24.5 Å². The Bertz CT molecular complexity index is 504. The summed E-state index contributed by atoms with van der Waals surface area (Å²) in [6.07, 6.45) is 5.63. The quantitative estimate of drug-likeness (QED) is 0.611. The van der Waals surface area contributed by atoms with E-state index in [0.29, 0.717) is 11.6 Å². The fourth-order valence-electron chi connectivity index (χ4n) is 1.70. The van der Waals surface area contributed by atoms with Crippen molar-refractivity contribution in [1.82, 2.24) is 19.5 Å². The summed E-state index contributed by atoms with van der Waals surface area (Å²) in [5.74, 6) is 8.42. The fourth-order valence-corrected chi connectivity index (χ4v) is 1.70. The van der Waals surface area contributed by atoms with Crippen molar-refractivity contribution in [3.8, 4) is 5.82 Å². The molecule has 0 radical (unpaired) electrons. The van der Waals surface area contributed by atoms with Crippen molar-refractivity contribution in [2.24, 2.45) is 5.84 Å². The van der Waals surface area contributed by atoms with Gasteiger partial charge in [0.25, 0.3) is 0 Å². The zero-order chi connectivity index (χ0) is 12.3. The molecule has 0 bridgehead atoms. The van der Waals surface area contributed by atoms with Crippen molar-refractivity contribution in [3.63, 3.8) is 0 Å². The SMILES string of the molecule is CCCc1nccn1-c1cc(NN)nc(C)n1. The number of nitrogens with one attached hydrogen (secondary N) is 1. The van der Waals surface area contributed by atoms with Gasteiger partial charge in [-0.05, 0) is 13.3 Å². The van der Waals surface area contributed by atoms with Gasteiger partial charge in [0.2, 0.25) is 0 Å². The average Bonchev–Trinajstić information content (AvgIpc) is 2.77. The van der Waals surface area contributed by atoms with Crippen LogP contribution in [0.5, 0.6) is 0 Å². The summed E-state index contributed by atoms with van der Waals surface area (Å²) in [5, 5.41) is 0. The van der Waals surface area contributed by atoms with Crippen LogP contribution in [-0.4, -0.2) is 19.5 Å². The number of aryl methyl sites for hydroxylation is 2. The van der Waals surface area contributed by atoms with Crippen molar-refractivity contribution >= 4 is 5.82 Å². The minimum absolute atomic E-state index is 0.601. The lowest BCUT2D eigenvalue weighted by atomic mass is 10.3. The van der Waals surface area contributed by atoms with E-state index in [4.69, 9.17) is 5.84 Å². The Morgan fingerprint density at radius 1 is 1.41 bits per heavy atom. The molecule has 6 nitrogen and oxygen atoms in total. The van der Waals surface area contributed by atoms with Crippen molar-refractivity contribution in [2.45, 2.75) is 26.7 Å².